The topological polar surface area (TPSA) is 56.7 Å². The van der Waals surface area contributed by atoms with Crippen molar-refractivity contribution in [1.82, 2.24) is 9.88 Å². The molecule has 0 aliphatic carbocycles. The maximum absolute atomic E-state index is 11.0. The van der Waals surface area contributed by atoms with Gasteiger partial charge in [0.15, 0.2) is 0 Å². The van der Waals surface area contributed by atoms with Crippen LogP contribution in [0.4, 0.5) is 5.82 Å². The lowest BCUT2D eigenvalue weighted by atomic mass is 10.1. The van der Waals surface area contributed by atoms with E-state index in [0.29, 0.717) is 6.04 Å². The molecule has 3 heterocycles. The van der Waals surface area contributed by atoms with Crippen LogP contribution < -0.4 is 4.90 Å². The van der Waals surface area contributed by atoms with Gasteiger partial charge >= 0.3 is 5.97 Å². The van der Waals surface area contributed by atoms with Gasteiger partial charge in [-0.2, -0.15) is 0 Å². The van der Waals surface area contributed by atoms with Crippen LogP contribution in [0.2, 0.25) is 0 Å². The van der Waals surface area contributed by atoms with E-state index in [1.807, 2.05) is 6.92 Å². The molecule has 114 valence electrons. The summed E-state index contributed by atoms with van der Waals surface area (Å²) in [6.07, 6.45) is 6.66. The smallest absolute Gasteiger partial charge is 0.337 e. The first-order valence-electron chi connectivity index (χ1n) is 7.84. The number of carbonyl (C=O) groups is 1. The van der Waals surface area contributed by atoms with Gasteiger partial charge in [-0.05, 0) is 50.9 Å². The van der Waals surface area contributed by atoms with Crippen LogP contribution in [0.3, 0.4) is 0 Å². The van der Waals surface area contributed by atoms with Gasteiger partial charge in [0, 0.05) is 25.3 Å². The molecule has 1 aromatic rings. The van der Waals surface area contributed by atoms with Crippen LogP contribution in [0.1, 0.15) is 41.6 Å². The Labute approximate surface area is 125 Å². The highest BCUT2D eigenvalue weighted by Crippen LogP contribution is 2.26. The van der Waals surface area contributed by atoms with Crippen molar-refractivity contribution in [2.24, 2.45) is 0 Å². The van der Waals surface area contributed by atoms with E-state index in [1.165, 1.54) is 45.0 Å². The van der Waals surface area contributed by atoms with Crippen LogP contribution in [-0.2, 0) is 0 Å². The molecule has 1 unspecified atom stereocenters. The fourth-order valence-electron chi connectivity index (χ4n) is 3.53. The Kier molecular flexibility index (Phi) is 4.10. The van der Waals surface area contributed by atoms with Crippen LogP contribution in [0.15, 0.2) is 12.3 Å². The molecule has 5 heteroatoms. The minimum absolute atomic E-state index is 0.267. The summed E-state index contributed by atoms with van der Waals surface area (Å²) in [5.74, 6) is 0.0317. The first kappa shape index (κ1) is 14.3. The number of aromatic nitrogens is 1. The zero-order valence-corrected chi connectivity index (χ0v) is 12.6. The second-order valence-electron chi connectivity index (χ2n) is 6.15. The molecular formula is C16H23N3O2. The number of aromatic carboxylic acids is 1. The van der Waals surface area contributed by atoms with Gasteiger partial charge in [-0.3, -0.25) is 4.90 Å². The van der Waals surface area contributed by atoms with E-state index in [2.05, 4.69) is 14.8 Å². The molecule has 1 N–H and O–H groups in total. The van der Waals surface area contributed by atoms with E-state index in [1.54, 1.807) is 6.07 Å². The number of nitrogens with zero attached hydrogens (tertiary/aromatic N) is 3. The predicted molar refractivity (Wildman–Crippen MR) is 82.0 cm³/mol. The highest BCUT2D eigenvalue weighted by molar-refractivity contribution is 5.87. The van der Waals surface area contributed by atoms with Crippen LogP contribution >= 0.6 is 0 Å². The molecule has 3 rings (SSSR count). The van der Waals surface area contributed by atoms with E-state index < -0.39 is 5.97 Å². The minimum atomic E-state index is -0.912. The van der Waals surface area contributed by atoms with E-state index in [9.17, 15) is 4.79 Å². The Morgan fingerprint density at radius 3 is 2.71 bits per heavy atom. The molecule has 2 aliphatic rings. The number of carboxylic acid groups (broad SMARTS) is 1. The van der Waals surface area contributed by atoms with Gasteiger partial charge in [0.05, 0.1) is 5.56 Å². The minimum Gasteiger partial charge on any atom is -0.478 e. The first-order valence-corrected chi connectivity index (χ1v) is 7.84. The van der Waals surface area contributed by atoms with Crippen LogP contribution in [0.5, 0.6) is 0 Å². The van der Waals surface area contributed by atoms with Crippen molar-refractivity contribution in [3.63, 3.8) is 0 Å². The number of aryl methyl sites for hydroxylation is 1. The number of hydrogen-bond donors (Lipinski definition) is 1. The summed E-state index contributed by atoms with van der Waals surface area (Å²) in [7, 11) is 0. The lowest BCUT2D eigenvalue weighted by molar-refractivity contribution is 0.0696. The summed E-state index contributed by atoms with van der Waals surface area (Å²) in [6.45, 7) is 6.43. The SMILES string of the molecule is Cc1cc(C(=O)O)cnc1N1CCC(N2CCCCC2)C1. The second kappa shape index (κ2) is 6.02. The molecule has 0 radical (unpaired) electrons. The number of rotatable bonds is 3. The summed E-state index contributed by atoms with van der Waals surface area (Å²) >= 11 is 0. The van der Waals surface area contributed by atoms with E-state index in [4.69, 9.17) is 5.11 Å². The average molecular weight is 289 g/mol. The Morgan fingerprint density at radius 2 is 2.05 bits per heavy atom. The quantitative estimate of drug-likeness (QED) is 0.924. The van der Waals surface area contributed by atoms with Crippen molar-refractivity contribution in [1.29, 1.82) is 0 Å². The maximum atomic E-state index is 11.0. The Morgan fingerprint density at radius 1 is 1.29 bits per heavy atom. The Bertz CT molecular complexity index is 526. The highest BCUT2D eigenvalue weighted by atomic mass is 16.4. The normalized spacial score (nSPS) is 23.5. The van der Waals surface area contributed by atoms with Crippen molar-refractivity contribution in [2.75, 3.05) is 31.1 Å². The van der Waals surface area contributed by atoms with Gasteiger partial charge in [-0.1, -0.05) is 6.42 Å². The summed E-state index contributed by atoms with van der Waals surface area (Å²) in [6, 6.07) is 2.35. The van der Waals surface area contributed by atoms with E-state index in [0.717, 1.165) is 24.5 Å². The molecule has 0 spiro atoms. The third-order valence-electron chi connectivity index (χ3n) is 4.67. The van der Waals surface area contributed by atoms with Crippen molar-refractivity contribution < 1.29 is 9.90 Å². The summed E-state index contributed by atoms with van der Waals surface area (Å²) in [5, 5.41) is 9.02. The molecule has 2 saturated heterocycles. The molecule has 0 bridgehead atoms. The summed E-state index contributed by atoms with van der Waals surface area (Å²) in [5.41, 5.74) is 1.22. The monoisotopic (exact) mass is 289 g/mol. The molecule has 2 aliphatic heterocycles. The zero-order valence-electron chi connectivity index (χ0n) is 12.6. The summed E-state index contributed by atoms with van der Waals surface area (Å²) < 4.78 is 0. The lowest BCUT2D eigenvalue weighted by Gasteiger charge is -2.32. The fraction of sp³-hybridized carbons (Fsp3) is 0.625. The molecule has 1 aromatic heterocycles. The molecule has 0 amide bonds. The third kappa shape index (κ3) is 3.02. The van der Waals surface area contributed by atoms with Crippen LogP contribution in [-0.4, -0.2) is 53.2 Å². The van der Waals surface area contributed by atoms with Gasteiger partial charge in [0.2, 0.25) is 0 Å². The number of anilines is 1. The Balaban J connectivity index is 1.69. The first-order chi connectivity index (χ1) is 10.1. The molecular weight excluding hydrogens is 266 g/mol. The molecule has 1 atom stereocenters. The second-order valence-corrected chi connectivity index (χ2v) is 6.15. The highest BCUT2D eigenvalue weighted by Gasteiger charge is 2.29. The van der Waals surface area contributed by atoms with Gasteiger partial charge in [0.25, 0.3) is 0 Å². The predicted octanol–water partition coefficient (Wildman–Crippen LogP) is 2.15. The van der Waals surface area contributed by atoms with Crippen molar-refractivity contribution in [3.8, 4) is 0 Å². The number of carboxylic acids is 1. The molecule has 0 saturated carbocycles. The van der Waals surface area contributed by atoms with Crippen LogP contribution in [0.25, 0.3) is 0 Å². The van der Waals surface area contributed by atoms with E-state index >= 15 is 0 Å². The molecule has 0 aromatic carbocycles. The largest absolute Gasteiger partial charge is 0.478 e. The number of hydrogen-bond acceptors (Lipinski definition) is 4. The van der Waals surface area contributed by atoms with Crippen molar-refractivity contribution in [3.05, 3.63) is 23.4 Å². The standard InChI is InChI=1S/C16H23N3O2/c1-12-9-13(16(20)21)10-17-15(12)19-8-5-14(11-19)18-6-3-2-4-7-18/h9-10,14H,2-8,11H2,1H3,(H,20,21). The van der Waals surface area contributed by atoms with Crippen molar-refractivity contribution >= 4 is 11.8 Å². The number of piperidine rings is 1. The zero-order chi connectivity index (χ0) is 14.8. The summed E-state index contributed by atoms with van der Waals surface area (Å²) in [4.78, 5) is 20.3. The van der Waals surface area contributed by atoms with Crippen LogP contribution in [0, 0.1) is 6.92 Å². The number of pyridine rings is 1. The average Bonchev–Trinajstić information content (AvgIpc) is 2.97. The van der Waals surface area contributed by atoms with Crippen molar-refractivity contribution in [2.45, 2.75) is 38.6 Å². The maximum Gasteiger partial charge on any atom is 0.337 e. The molecule has 2 fully saturated rings. The third-order valence-corrected chi connectivity index (χ3v) is 4.67. The Hall–Kier alpha value is -1.62. The van der Waals surface area contributed by atoms with Gasteiger partial charge in [-0.25, -0.2) is 9.78 Å². The number of likely N-dealkylation sites (tertiary alicyclic amines) is 1. The van der Waals surface area contributed by atoms with Gasteiger partial charge < -0.3 is 10.0 Å². The van der Waals surface area contributed by atoms with E-state index in [-0.39, 0.29) is 5.56 Å². The van der Waals surface area contributed by atoms with Gasteiger partial charge in [0.1, 0.15) is 5.82 Å². The molecule has 5 nitrogen and oxygen atoms in total. The lowest BCUT2D eigenvalue weighted by Crippen LogP contribution is -2.41. The fourth-order valence-corrected chi connectivity index (χ4v) is 3.53. The van der Waals surface area contributed by atoms with Gasteiger partial charge in [-0.15, -0.1) is 0 Å². The molecule has 21 heavy (non-hydrogen) atoms.